The van der Waals surface area contributed by atoms with Crippen LogP contribution in [-0.4, -0.2) is 43.6 Å². The maximum Gasteiger partial charge on any atom is 0.225 e. The van der Waals surface area contributed by atoms with Crippen LogP contribution >= 0.6 is 0 Å². The lowest BCUT2D eigenvalue weighted by Crippen LogP contribution is -2.49. The van der Waals surface area contributed by atoms with Gasteiger partial charge in [-0.25, -0.2) is 13.1 Å². The second kappa shape index (κ2) is 9.32. The molecule has 2 atom stereocenters. The highest BCUT2D eigenvalue weighted by Gasteiger charge is 2.39. The molecule has 1 aromatic rings. The first-order chi connectivity index (χ1) is 13.4. The minimum Gasteiger partial charge on any atom is -0.337 e. The number of carbonyl (C=O) groups is 1. The van der Waals surface area contributed by atoms with Crippen molar-refractivity contribution in [2.45, 2.75) is 66.5 Å². The van der Waals surface area contributed by atoms with Gasteiger partial charge in [0.05, 0.1) is 11.8 Å². The van der Waals surface area contributed by atoms with Gasteiger partial charge in [-0.2, -0.15) is 0 Å². The lowest BCUT2D eigenvalue weighted by Gasteiger charge is -2.30. The van der Waals surface area contributed by atoms with Gasteiger partial charge in [0.2, 0.25) is 15.9 Å². The lowest BCUT2D eigenvalue weighted by molar-refractivity contribution is -0.135. The van der Waals surface area contributed by atoms with Crippen molar-refractivity contribution >= 4 is 15.9 Å². The molecule has 1 N–H and O–H groups in total. The minimum absolute atomic E-state index is 0.0340. The van der Waals surface area contributed by atoms with Crippen LogP contribution in [0.25, 0.3) is 0 Å². The highest BCUT2D eigenvalue weighted by Crippen LogP contribution is 2.25. The lowest BCUT2D eigenvalue weighted by atomic mass is 9.96. The van der Waals surface area contributed by atoms with Crippen molar-refractivity contribution in [2.24, 2.45) is 11.3 Å². The first-order valence-electron chi connectivity index (χ1n) is 10.3. The number of carbonyl (C=O) groups excluding carboxylic acids is 1. The molecule has 0 aromatic heterocycles. The largest absolute Gasteiger partial charge is 0.337 e. The summed E-state index contributed by atoms with van der Waals surface area (Å²) in [6, 6.07) is 7.54. The molecule has 1 amide bonds. The van der Waals surface area contributed by atoms with E-state index in [4.69, 9.17) is 0 Å². The standard InChI is InChI=1S/C23H34N2O3S/c1-7-29(27,28)24-20-12-14-25(22(26)17(2)3)21(20)16-19-10-8-9-18(15-19)11-13-23(4,5)6/h8-10,15,17,20-21,24H,7,12,14,16H2,1-6H3/t20-,21-/m1/s1. The van der Waals surface area contributed by atoms with E-state index in [1.54, 1.807) is 6.92 Å². The summed E-state index contributed by atoms with van der Waals surface area (Å²) in [7, 11) is -3.34. The number of likely N-dealkylation sites (tertiary alicyclic amines) is 1. The molecule has 0 saturated carbocycles. The van der Waals surface area contributed by atoms with Gasteiger partial charge >= 0.3 is 0 Å². The SMILES string of the molecule is CCS(=O)(=O)N[C@@H]1CCN(C(=O)C(C)C)[C@@H]1Cc1cccc(C#CC(C)(C)C)c1. The van der Waals surface area contributed by atoms with Gasteiger partial charge in [-0.3, -0.25) is 4.79 Å². The molecule has 1 aliphatic heterocycles. The van der Waals surface area contributed by atoms with Gasteiger partial charge in [-0.15, -0.1) is 0 Å². The molecule has 1 heterocycles. The highest BCUT2D eigenvalue weighted by atomic mass is 32.2. The molecule has 1 aromatic carbocycles. The van der Waals surface area contributed by atoms with Crippen LogP contribution in [0.5, 0.6) is 0 Å². The first-order valence-corrected chi connectivity index (χ1v) is 12.0. The Bertz CT molecular complexity index is 889. The average Bonchev–Trinajstić information content (AvgIpc) is 3.00. The van der Waals surface area contributed by atoms with E-state index < -0.39 is 10.0 Å². The molecule has 1 fully saturated rings. The van der Waals surface area contributed by atoms with Crippen LogP contribution in [0.15, 0.2) is 24.3 Å². The third-order valence-corrected chi connectivity index (χ3v) is 6.41. The van der Waals surface area contributed by atoms with Gasteiger partial charge in [0.25, 0.3) is 0 Å². The molecule has 1 aliphatic rings. The number of hydrogen-bond donors (Lipinski definition) is 1. The maximum absolute atomic E-state index is 12.7. The van der Waals surface area contributed by atoms with Gasteiger partial charge in [-0.1, -0.05) is 37.8 Å². The van der Waals surface area contributed by atoms with Crippen molar-refractivity contribution in [3.63, 3.8) is 0 Å². The zero-order chi connectivity index (χ0) is 21.8. The van der Waals surface area contributed by atoms with Crippen LogP contribution in [0.2, 0.25) is 0 Å². The topological polar surface area (TPSA) is 66.5 Å². The van der Waals surface area contributed by atoms with E-state index >= 15 is 0 Å². The fourth-order valence-corrected chi connectivity index (χ4v) is 4.34. The highest BCUT2D eigenvalue weighted by molar-refractivity contribution is 7.89. The smallest absolute Gasteiger partial charge is 0.225 e. The van der Waals surface area contributed by atoms with Gasteiger partial charge in [0.15, 0.2) is 0 Å². The Kier molecular flexibility index (Phi) is 7.53. The Hall–Kier alpha value is -1.84. The number of nitrogens with one attached hydrogen (secondary N) is 1. The molecule has 2 rings (SSSR count). The maximum atomic E-state index is 12.7. The third kappa shape index (κ3) is 6.87. The van der Waals surface area contributed by atoms with Crippen molar-refractivity contribution < 1.29 is 13.2 Å². The monoisotopic (exact) mass is 418 g/mol. The Balaban J connectivity index is 2.30. The predicted octanol–water partition coefficient (Wildman–Crippen LogP) is 3.19. The molecule has 0 bridgehead atoms. The zero-order valence-electron chi connectivity index (χ0n) is 18.5. The van der Waals surface area contributed by atoms with Crippen molar-refractivity contribution in [1.82, 2.24) is 9.62 Å². The molecule has 0 unspecified atom stereocenters. The van der Waals surface area contributed by atoms with Crippen molar-refractivity contribution in [3.8, 4) is 11.8 Å². The van der Waals surface area contributed by atoms with Gasteiger partial charge in [0.1, 0.15) is 0 Å². The number of nitrogens with zero attached hydrogens (tertiary/aromatic N) is 1. The molecule has 0 radical (unpaired) electrons. The number of rotatable bonds is 6. The van der Waals surface area contributed by atoms with Crippen LogP contribution < -0.4 is 4.72 Å². The fourth-order valence-electron chi connectivity index (χ4n) is 3.44. The number of benzene rings is 1. The number of amides is 1. The second-order valence-electron chi connectivity index (χ2n) is 9.07. The Morgan fingerprint density at radius 3 is 2.59 bits per heavy atom. The molecule has 6 heteroatoms. The van der Waals surface area contributed by atoms with E-state index in [2.05, 4.69) is 37.3 Å². The van der Waals surface area contributed by atoms with E-state index in [9.17, 15) is 13.2 Å². The summed E-state index contributed by atoms with van der Waals surface area (Å²) in [4.78, 5) is 14.6. The molecule has 0 spiro atoms. The van der Waals surface area contributed by atoms with Gasteiger partial charge in [-0.05, 0) is 58.2 Å². The van der Waals surface area contributed by atoms with E-state index in [0.29, 0.717) is 19.4 Å². The Morgan fingerprint density at radius 1 is 1.31 bits per heavy atom. The van der Waals surface area contributed by atoms with Crippen LogP contribution in [-0.2, 0) is 21.2 Å². The van der Waals surface area contributed by atoms with Gasteiger partial charge in [0, 0.05) is 29.5 Å². The summed E-state index contributed by atoms with van der Waals surface area (Å²) in [5.74, 6) is 6.44. The summed E-state index contributed by atoms with van der Waals surface area (Å²) < 4.78 is 27.1. The van der Waals surface area contributed by atoms with Crippen LogP contribution in [0.4, 0.5) is 0 Å². The average molecular weight is 419 g/mol. The predicted molar refractivity (Wildman–Crippen MR) is 118 cm³/mol. The van der Waals surface area contributed by atoms with E-state index in [-0.39, 0.29) is 35.1 Å². The zero-order valence-corrected chi connectivity index (χ0v) is 19.3. The summed E-state index contributed by atoms with van der Waals surface area (Å²) >= 11 is 0. The van der Waals surface area contributed by atoms with Crippen LogP contribution in [0, 0.1) is 23.2 Å². The molecular weight excluding hydrogens is 384 g/mol. The second-order valence-corrected chi connectivity index (χ2v) is 11.1. The normalized spacial score (nSPS) is 19.9. The summed E-state index contributed by atoms with van der Waals surface area (Å²) in [6.45, 7) is 12.2. The number of sulfonamides is 1. The Labute approximate surface area is 176 Å². The first kappa shape index (κ1) is 23.4. The molecule has 160 valence electrons. The van der Waals surface area contributed by atoms with Crippen molar-refractivity contribution in [2.75, 3.05) is 12.3 Å². The van der Waals surface area contributed by atoms with Gasteiger partial charge < -0.3 is 4.90 Å². The quantitative estimate of drug-likeness (QED) is 0.722. The number of hydrogen-bond acceptors (Lipinski definition) is 3. The van der Waals surface area contributed by atoms with E-state index in [1.807, 2.05) is 43.0 Å². The molecular formula is C23H34N2O3S. The van der Waals surface area contributed by atoms with E-state index in [0.717, 1.165) is 11.1 Å². The Morgan fingerprint density at radius 2 is 2.00 bits per heavy atom. The summed E-state index contributed by atoms with van der Waals surface area (Å²) in [6.07, 6.45) is 1.23. The summed E-state index contributed by atoms with van der Waals surface area (Å²) in [5.41, 5.74) is 1.91. The van der Waals surface area contributed by atoms with Crippen LogP contribution in [0.3, 0.4) is 0 Å². The fraction of sp³-hybridized carbons (Fsp3) is 0.609. The molecule has 0 aliphatic carbocycles. The molecule has 5 nitrogen and oxygen atoms in total. The van der Waals surface area contributed by atoms with Crippen molar-refractivity contribution in [1.29, 1.82) is 0 Å². The van der Waals surface area contributed by atoms with E-state index in [1.165, 1.54) is 0 Å². The minimum atomic E-state index is -3.34. The van der Waals surface area contributed by atoms with Crippen molar-refractivity contribution in [3.05, 3.63) is 35.4 Å². The summed E-state index contributed by atoms with van der Waals surface area (Å²) in [5, 5.41) is 0. The third-order valence-electron chi connectivity index (χ3n) is 4.99. The van der Waals surface area contributed by atoms with Crippen LogP contribution in [0.1, 0.15) is 59.1 Å². The molecule has 29 heavy (non-hydrogen) atoms. The molecule has 1 saturated heterocycles.